The molecule has 1 heterocycles. The Labute approximate surface area is 195 Å². The number of ether oxygens (including phenoxy) is 1. The van der Waals surface area contributed by atoms with Gasteiger partial charge in [0.25, 0.3) is 0 Å². The van der Waals surface area contributed by atoms with Gasteiger partial charge in [0, 0.05) is 6.54 Å². The zero-order valence-electron chi connectivity index (χ0n) is 18.7. The maximum absolute atomic E-state index is 13.7. The quantitative estimate of drug-likeness (QED) is 0.439. The van der Waals surface area contributed by atoms with Crippen LogP contribution in [0.5, 0.6) is 5.75 Å². The number of aromatic nitrogens is 3. The molecule has 33 heavy (non-hydrogen) atoms. The van der Waals surface area contributed by atoms with E-state index in [-0.39, 0.29) is 35.7 Å². The minimum absolute atomic E-state index is 0.0463. The number of thioether (sulfide) groups is 1. The van der Waals surface area contributed by atoms with Gasteiger partial charge in [0.15, 0.2) is 11.0 Å². The summed E-state index contributed by atoms with van der Waals surface area (Å²) in [7, 11) is 1.59. The first kappa shape index (κ1) is 24.2. The van der Waals surface area contributed by atoms with E-state index in [4.69, 9.17) is 4.74 Å². The Morgan fingerprint density at radius 3 is 2.52 bits per heavy atom. The number of nitrogens with zero attached hydrogens (tertiary/aromatic N) is 3. The molecule has 1 atom stereocenters. The predicted octanol–water partition coefficient (Wildman–Crippen LogP) is 3.60. The Bertz CT molecular complexity index is 1100. The molecule has 10 heteroatoms. The number of methoxy groups -OCH3 is 1. The lowest BCUT2D eigenvalue weighted by molar-refractivity contribution is -0.121. The van der Waals surface area contributed by atoms with Crippen LogP contribution in [0.3, 0.4) is 0 Å². The highest BCUT2D eigenvalue weighted by Crippen LogP contribution is 2.21. The van der Waals surface area contributed by atoms with Gasteiger partial charge in [-0.2, -0.15) is 0 Å². The fourth-order valence-corrected chi connectivity index (χ4v) is 4.00. The van der Waals surface area contributed by atoms with Crippen molar-refractivity contribution in [2.75, 3.05) is 18.2 Å². The summed E-state index contributed by atoms with van der Waals surface area (Å²) >= 11 is 1.20. The standard InChI is InChI=1S/C23H26FN5O3S/c1-4-29-22(15(2)25-20(30)13-16-9-11-17(32-3)12-10-16)27-28-23(29)33-14-21(31)26-19-8-6-5-7-18(19)24/h5-12,15H,4,13-14H2,1-3H3,(H,25,30)(H,26,31)/t15-/m0/s1. The fraction of sp³-hybridized carbons (Fsp3) is 0.304. The molecule has 0 radical (unpaired) electrons. The van der Waals surface area contributed by atoms with Crippen molar-refractivity contribution in [3.05, 3.63) is 65.7 Å². The third kappa shape index (κ3) is 6.55. The molecule has 3 rings (SSSR count). The van der Waals surface area contributed by atoms with Crippen LogP contribution in [0, 0.1) is 5.82 Å². The van der Waals surface area contributed by atoms with Crippen molar-refractivity contribution in [1.29, 1.82) is 0 Å². The largest absolute Gasteiger partial charge is 0.497 e. The lowest BCUT2D eigenvalue weighted by atomic mass is 10.1. The summed E-state index contributed by atoms with van der Waals surface area (Å²) in [6.07, 6.45) is 0.229. The monoisotopic (exact) mass is 471 g/mol. The third-order valence-electron chi connectivity index (χ3n) is 4.83. The van der Waals surface area contributed by atoms with E-state index in [9.17, 15) is 14.0 Å². The summed E-state index contributed by atoms with van der Waals surface area (Å²) in [5.74, 6) is 0.391. The minimum Gasteiger partial charge on any atom is -0.497 e. The van der Waals surface area contributed by atoms with E-state index in [2.05, 4.69) is 20.8 Å². The number of hydrogen-bond acceptors (Lipinski definition) is 6. The van der Waals surface area contributed by atoms with Crippen LogP contribution in [-0.2, 0) is 22.6 Å². The number of carbonyl (C=O) groups is 2. The smallest absolute Gasteiger partial charge is 0.234 e. The lowest BCUT2D eigenvalue weighted by Crippen LogP contribution is -2.30. The molecule has 2 aromatic carbocycles. The molecule has 0 aliphatic carbocycles. The van der Waals surface area contributed by atoms with E-state index in [1.807, 2.05) is 42.7 Å². The SMILES string of the molecule is CCn1c(SCC(=O)Nc2ccccc2F)nnc1[C@H](C)NC(=O)Cc1ccc(OC)cc1. The molecule has 0 unspecified atom stereocenters. The van der Waals surface area contributed by atoms with E-state index in [1.54, 1.807) is 19.2 Å². The van der Waals surface area contributed by atoms with Crippen molar-refractivity contribution in [2.24, 2.45) is 0 Å². The number of benzene rings is 2. The van der Waals surface area contributed by atoms with Crippen LogP contribution in [0.15, 0.2) is 53.7 Å². The van der Waals surface area contributed by atoms with Gasteiger partial charge in [-0.1, -0.05) is 36.0 Å². The second-order valence-corrected chi connectivity index (χ2v) is 8.16. The highest BCUT2D eigenvalue weighted by Gasteiger charge is 2.20. The average Bonchev–Trinajstić information content (AvgIpc) is 3.23. The summed E-state index contributed by atoms with van der Waals surface area (Å²) in [5, 5.41) is 14.4. The van der Waals surface area contributed by atoms with Crippen LogP contribution in [0.4, 0.5) is 10.1 Å². The van der Waals surface area contributed by atoms with Gasteiger partial charge in [0.1, 0.15) is 11.6 Å². The average molecular weight is 472 g/mol. The number of anilines is 1. The summed E-state index contributed by atoms with van der Waals surface area (Å²) in [6.45, 7) is 4.34. The van der Waals surface area contributed by atoms with E-state index in [0.29, 0.717) is 17.5 Å². The second kappa shape index (κ2) is 11.5. The Balaban J connectivity index is 1.57. The van der Waals surface area contributed by atoms with Crippen LogP contribution >= 0.6 is 11.8 Å². The minimum atomic E-state index is -0.492. The van der Waals surface area contributed by atoms with E-state index in [0.717, 1.165) is 11.3 Å². The Kier molecular flexibility index (Phi) is 8.42. The normalized spacial score (nSPS) is 11.6. The molecule has 0 saturated carbocycles. The van der Waals surface area contributed by atoms with Gasteiger partial charge in [0.2, 0.25) is 11.8 Å². The van der Waals surface area contributed by atoms with Gasteiger partial charge < -0.3 is 19.9 Å². The van der Waals surface area contributed by atoms with Gasteiger partial charge in [-0.3, -0.25) is 9.59 Å². The zero-order valence-corrected chi connectivity index (χ0v) is 19.5. The van der Waals surface area contributed by atoms with Crippen molar-refractivity contribution in [3.63, 3.8) is 0 Å². The maximum Gasteiger partial charge on any atom is 0.234 e. The van der Waals surface area contributed by atoms with Crippen molar-refractivity contribution < 1.29 is 18.7 Å². The number of para-hydroxylation sites is 1. The fourth-order valence-electron chi connectivity index (χ4n) is 3.19. The highest BCUT2D eigenvalue weighted by atomic mass is 32.2. The van der Waals surface area contributed by atoms with Crippen LogP contribution in [0.2, 0.25) is 0 Å². The first-order valence-electron chi connectivity index (χ1n) is 10.4. The topological polar surface area (TPSA) is 98.1 Å². The molecule has 174 valence electrons. The molecule has 0 spiro atoms. The van der Waals surface area contributed by atoms with Gasteiger partial charge in [0.05, 0.1) is 31.0 Å². The second-order valence-electron chi connectivity index (χ2n) is 7.22. The summed E-state index contributed by atoms with van der Waals surface area (Å²) in [6, 6.07) is 12.9. The van der Waals surface area contributed by atoms with E-state index >= 15 is 0 Å². The van der Waals surface area contributed by atoms with Gasteiger partial charge in [-0.25, -0.2) is 4.39 Å². The zero-order chi connectivity index (χ0) is 23.8. The lowest BCUT2D eigenvalue weighted by Gasteiger charge is -2.15. The van der Waals surface area contributed by atoms with Crippen LogP contribution < -0.4 is 15.4 Å². The van der Waals surface area contributed by atoms with Gasteiger partial charge >= 0.3 is 0 Å². The Morgan fingerprint density at radius 2 is 1.85 bits per heavy atom. The molecule has 0 aliphatic rings. The van der Waals surface area contributed by atoms with Crippen LogP contribution in [0.25, 0.3) is 0 Å². The molecule has 0 fully saturated rings. The molecule has 0 aliphatic heterocycles. The summed E-state index contributed by atoms with van der Waals surface area (Å²) < 4.78 is 20.7. The maximum atomic E-state index is 13.7. The van der Waals surface area contributed by atoms with Crippen LogP contribution in [0.1, 0.15) is 31.3 Å². The number of nitrogens with one attached hydrogen (secondary N) is 2. The third-order valence-corrected chi connectivity index (χ3v) is 5.80. The molecule has 0 bridgehead atoms. The molecule has 3 aromatic rings. The van der Waals surface area contributed by atoms with Crippen molar-refractivity contribution in [3.8, 4) is 5.75 Å². The molecule has 1 aromatic heterocycles. The molecule has 2 amide bonds. The predicted molar refractivity (Wildman–Crippen MR) is 125 cm³/mol. The number of amides is 2. The van der Waals surface area contributed by atoms with Crippen molar-refractivity contribution in [1.82, 2.24) is 20.1 Å². The number of halogens is 1. The highest BCUT2D eigenvalue weighted by molar-refractivity contribution is 7.99. The number of hydrogen-bond donors (Lipinski definition) is 2. The Hall–Kier alpha value is -3.40. The number of carbonyl (C=O) groups excluding carboxylic acids is 2. The Morgan fingerprint density at radius 1 is 1.12 bits per heavy atom. The van der Waals surface area contributed by atoms with Crippen LogP contribution in [-0.4, -0.2) is 39.4 Å². The molecular formula is C23H26FN5O3S. The van der Waals surface area contributed by atoms with Crippen molar-refractivity contribution >= 4 is 29.3 Å². The van der Waals surface area contributed by atoms with Crippen molar-refractivity contribution in [2.45, 2.75) is 38.0 Å². The molecule has 2 N–H and O–H groups in total. The number of rotatable bonds is 10. The molecule has 0 saturated heterocycles. The van der Waals surface area contributed by atoms with E-state index in [1.165, 1.54) is 23.9 Å². The van der Waals surface area contributed by atoms with Gasteiger partial charge in [-0.05, 0) is 43.7 Å². The summed E-state index contributed by atoms with van der Waals surface area (Å²) in [5.41, 5.74) is 1.00. The van der Waals surface area contributed by atoms with E-state index < -0.39 is 5.82 Å². The first-order valence-corrected chi connectivity index (χ1v) is 11.4. The van der Waals surface area contributed by atoms with Gasteiger partial charge in [-0.15, -0.1) is 10.2 Å². The first-order chi connectivity index (χ1) is 15.9. The molecular weight excluding hydrogens is 445 g/mol. The molecule has 8 nitrogen and oxygen atoms in total. The summed E-state index contributed by atoms with van der Waals surface area (Å²) in [4.78, 5) is 24.7.